The smallest absolute Gasteiger partial charge is 0.493 e. The van der Waals surface area contributed by atoms with E-state index in [1.54, 1.807) is 11.1 Å². The van der Waals surface area contributed by atoms with Crippen LogP contribution in [-0.2, 0) is 22.3 Å². The summed E-state index contributed by atoms with van der Waals surface area (Å²) in [5.41, 5.74) is -0.433. The Morgan fingerprint density at radius 3 is 2.10 bits per heavy atom. The van der Waals surface area contributed by atoms with Gasteiger partial charge in [0.05, 0.1) is 29.3 Å². The number of anilines is 1. The summed E-state index contributed by atoms with van der Waals surface area (Å²) in [7, 11) is 1.07. The third-order valence-electron chi connectivity index (χ3n) is 8.29. The van der Waals surface area contributed by atoms with Gasteiger partial charge in [0.1, 0.15) is 11.5 Å². The number of benzene rings is 3. The molecule has 3 heterocycles. The molecule has 2 aromatic heterocycles. The number of nitrogens with one attached hydrogen (secondary N) is 1. The molecule has 0 spiro atoms. The number of fused-ring (bicyclic) bond motifs is 2. The van der Waals surface area contributed by atoms with Crippen molar-refractivity contribution in [2.45, 2.75) is 25.1 Å². The standard InChI is InChI=1S/C33H25F9N4O5/c1-49-20-15-24-28(26(16-20)50-29(47)32(37,38)39)27(18-5-7-19(8-6-18)31(34,35)36)25(46(24)51-30(48)33(40,41)42)17-44-11-13-45(14-12-44)23-4-2-3-22-21(23)9-10-43-22/h2-10,15-16,43H,11-14,17H2,1H3. The lowest BCUT2D eigenvalue weighted by atomic mass is 9.99. The SMILES string of the molecule is COc1cc(OC(=O)C(F)(F)F)c2c(-c3ccc(C(F)(F)F)cc3)c(CN3CCN(c4cccc5[nH]ccc45)CC3)n(OC(=O)C(F)(F)F)c2c1. The lowest BCUT2D eigenvalue weighted by molar-refractivity contribution is -0.199. The van der Waals surface area contributed by atoms with Gasteiger partial charge >= 0.3 is 30.5 Å². The number of methoxy groups -OCH3 is 1. The number of nitrogens with zero attached hydrogens (tertiary/aromatic N) is 3. The summed E-state index contributed by atoms with van der Waals surface area (Å²) in [6.07, 6.45) is -14.1. The first kappa shape index (κ1) is 35.4. The van der Waals surface area contributed by atoms with E-state index in [0.717, 1.165) is 48.0 Å². The molecule has 18 heteroatoms. The van der Waals surface area contributed by atoms with Gasteiger partial charge in [0.15, 0.2) is 0 Å². The number of halogens is 9. The number of hydrogen-bond donors (Lipinski definition) is 1. The van der Waals surface area contributed by atoms with Crippen LogP contribution in [0.2, 0.25) is 0 Å². The zero-order chi connectivity index (χ0) is 36.9. The molecule has 1 saturated heterocycles. The number of ether oxygens (including phenoxy) is 2. The van der Waals surface area contributed by atoms with Gasteiger partial charge in [-0.25, -0.2) is 9.59 Å². The van der Waals surface area contributed by atoms with Crippen molar-refractivity contribution >= 4 is 39.4 Å². The lowest BCUT2D eigenvalue weighted by Gasteiger charge is -2.36. The van der Waals surface area contributed by atoms with Crippen LogP contribution in [0, 0.1) is 0 Å². The van der Waals surface area contributed by atoms with Crippen LogP contribution in [0.25, 0.3) is 32.9 Å². The van der Waals surface area contributed by atoms with Gasteiger partial charge in [-0.1, -0.05) is 18.2 Å². The molecule has 51 heavy (non-hydrogen) atoms. The van der Waals surface area contributed by atoms with Crippen LogP contribution in [0.4, 0.5) is 45.2 Å². The molecule has 0 atom stereocenters. The number of aromatic nitrogens is 2. The van der Waals surface area contributed by atoms with Crippen LogP contribution in [0.5, 0.6) is 11.5 Å². The van der Waals surface area contributed by atoms with Crippen molar-refractivity contribution < 1.29 is 63.4 Å². The van der Waals surface area contributed by atoms with E-state index in [4.69, 9.17) is 9.57 Å². The van der Waals surface area contributed by atoms with Gasteiger partial charge in [-0.05, 0) is 35.9 Å². The highest BCUT2D eigenvalue weighted by Crippen LogP contribution is 2.44. The molecule has 0 unspecified atom stereocenters. The Kier molecular flexibility index (Phi) is 9.07. The Labute approximate surface area is 281 Å². The average molecular weight is 729 g/mol. The molecule has 9 nitrogen and oxygen atoms in total. The lowest BCUT2D eigenvalue weighted by Crippen LogP contribution is -2.46. The van der Waals surface area contributed by atoms with Crippen molar-refractivity contribution in [3.63, 3.8) is 0 Å². The maximum absolute atomic E-state index is 13.6. The minimum Gasteiger partial charge on any atom is -0.497 e. The molecule has 0 saturated carbocycles. The zero-order valence-corrected chi connectivity index (χ0v) is 26.2. The molecular formula is C33H25F9N4O5. The summed E-state index contributed by atoms with van der Waals surface area (Å²) in [6.45, 7) is 1.06. The van der Waals surface area contributed by atoms with E-state index in [1.807, 2.05) is 24.3 Å². The fraction of sp³-hybridized carbons (Fsp3) is 0.273. The molecular weight excluding hydrogens is 703 g/mol. The van der Waals surface area contributed by atoms with Gasteiger partial charge in [0.2, 0.25) is 0 Å². The molecule has 0 bridgehead atoms. The van der Waals surface area contributed by atoms with Crippen LogP contribution < -0.4 is 19.2 Å². The first-order valence-electron chi connectivity index (χ1n) is 15.0. The quantitative estimate of drug-likeness (QED) is 0.109. The number of piperazine rings is 1. The molecule has 0 amide bonds. The maximum Gasteiger partial charge on any atom is 0.493 e. The third-order valence-corrected chi connectivity index (χ3v) is 8.29. The predicted molar refractivity (Wildman–Crippen MR) is 164 cm³/mol. The van der Waals surface area contributed by atoms with Crippen molar-refractivity contribution in [1.29, 1.82) is 0 Å². The van der Waals surface area contributed by atoms with Gasteiger partial charge in [-0.2, -0.15) is 44.2 Å². The number of H-pyrrole nitrogens is 1. The van der Waals surface area contributed by atoms with Crippen LogP contribution in [0.1, 0.15) is 11.3 Å². The topological polar surface area (TPSA) is 89.0 Å². The van der Waals surface area contributed by atoms with Crippen molar-refractivity contribution in [3.8, 4) is 22.6 Å². The van der Waals surface area contributed by atoms with Crippen LogP contribution in [0.3, 0.4) is 0 Å². The van der Waals surface area contributed by atoms with Gasteiger partial charge in [-0.3, -0.25) is 4.90 Å². The van der Waals surface area contributed by atoms with Crippen LogP contribution >= 0.6 is 0 Å². The van der Waals surface area contributed by atoms with Crippen molar-refractivity contribution in [3.05, 3.63) is 78.1 Å². The Balaban J connectivity index is 1.51. The molecule has 1 fully saturated rings. The number of alkyl halides is 9. The Hall–Kier alpha value is -5.39. The number of carbonyl (C=O) groups is 2. The fourth-order valence-electron chi connectivity index (χ4n) is 5.96. The Bertz CT molecular complexity index is 2090. The van der Waals surface area contributed by atoms with E-state index in [9.17, 15) is 49.1 Å². The van der Waals surface area contributed by atoms with E-state index >= 15 is 0 Å². The Morgan fingerprint density at radius 1 is 0.824 bits per heavy atom. The molecule has 270 valence electrons. The first-order valence-corrected chi connectivity index (χ1v) is 15.0. The largest absolute Gasteiger partial charge is 0.497 e. The van der Waals surface area contributed by atoms with Crippen LogP contribution in [0.15, 0.2) is 66.9 Å². The second-order valence-corrected chi connectivity index (χ2v) is 11.5. The number of carbonyl (C=O) groups excluding carboxylic acids is 2. The summed E-state index contributed by atoms with van der Waals surface area (Å²) >= 11 is 0. The Morgan fingerprint density at radius 2 is 1.49 bits per heavy atom. The van der Waals surface area contributed by atoms with Gasteiger partial charge in [-0.15, -0.1) is 0 Å². The number of aromatic amines is 1. The predicted octanol–water partition coefficient (Wildman–Crippen LogP) is 7.12. The zero-order valence-electron chi connectivity index (χ0n) is 26.2. The molecule has 1 aliphatic rings. The minimum absolute atomic E-state index is 0.128. The fourth-order valence-corrected chi connectivity index (χ4v) is 5.96. The number of esters is 1. The third kappa shape index (κ3) is 7.13. The second kappa shape index (κ2) is 13.1. The monoisotopic (exact) mass is 728 g/mol. The van der Waals surface area contributed by atoms with Gasteiger partial charge in [0.25, 0.3) is 0 Å². The van der Waals surface area contributed by atoms with Crippen molar-refractivity contribution in [2.75, 3.05) is 38.2 Å². The molecule has 6 rings (SSSR count). The summed E-state index contributed by atoms with van der Waals surface area (Å²) in [4.78, 5) is 36.1. The minimum atomic E-state index is -5.54. The molecule has 5 aromatic rings. The highest BCUT2D eigenvalue weighted by molar-refractivity contribution is 6.04. The molecule has 3 aromatic carbocycles. The summed E-state index contributed by atoms with van der Waals surface area (Å²) in [5.74, 6) is -6.59. The van der Waals surface area contributed by atoms with E-state index in [-0.39, 0.29) is 42.2 Å². The van der Waals surface area contributed by atoms with Crippen LogP contribution in [-0.4, -0.2) is 72.2 Å². The highest BCUT2D eigenvalue weighted by Gasteiger charge is 2.44. The number of hydrogen-bond acceptors (Lipinski definition) is 7. The maximum atomic E-state index is 13.6. The average Bonchev–Trinajstić information content (AvgIpc) is 3.67. The highest BCUT2D eigenvalue weighted by atomic mass is 19.4. The van der Waals surface area contributed by atoms with Gasteiger partial charge in [0, 0.05) is 73.2 Å². The second-order valence-electron chi connectivity index (χ2n) is 11.5. The van der Waals surface area contributed by atoms with E-state index in [2.05, 4.69) is 14.6 Å². The normalized spacial score (nSPS) is 14.7. The summed E-state index contributed by atoms with van der Waals surface area (Å²) in [5, 5.41) is 0.487. The molecule has 0 aliphatic carbocycles. The van der Waals surface area contributed by atoms with Crippen molar-refractivity contribution in [1.82, 2.24) is 14.6 Å². The molecule has 1 aliphatic heterocycles. The summed E-state index contributed by atoms with van der Waals surface area (Å²) in [6, 6.07) is 12.7. The molecule has 1 N–H and O–H groups in total. The van der Waals surface area contributed by atoms with E-state index in [1.165, 1.54) is 0 Å². The summed E-state index contributed by atoms with van der Waals surface area (Å²) < 4.78 is 132. The van der Waals surface area contributed by atoms with E-state index < -0.39 is 52.7 Å². The first-order chi connectivity index (χ1) is 24.0. The molecule has 0 radical (unpaired) electrons. The van der Waals surface area contributed by atoms with Gasteiger partial charge < -0.3 is 24.2 Å². The number of rotatable bonds is 7. The van der Waals surface area contributed by atoms with E-state index in [0.29, 0.717) is 30.0 Å². The van der Waals surface area contributed by atoms with Crippen molar-refractivity contribution in [2.24, 2.45) is 0 Å².